The molecule has 2 atom stereocenters. The van der Waals surface area contributed by atoms with E-state index in [2.05, 4.69) is 61.8 Å². The molecule has 35 heavy (non-hydrogen) atoms. The van der Waals surface area contributed by atoms with Gasteiger partial charge in [-0.3, -0.25) is 14.5 Å². The Kier molecular flexibility index (Phi) is 8.14. The quantitative estimate of drug-likeness (QED) is 0.515. The summed E-state index contributed by atoms with van der Waals surface area (Å²) < 4.78 is 0. The van der Waals surface area contributed by atoms with Gasteiger partial charge in [-0.1, -0.05) is 75.7 Å². The zero-order valence-corrected chi connectivity index (χ0v) is 22.7. The molecule has 188 valence electrons. The van der Waals surface area contributed by atoms with Gasteiger partial charge in [-0.25, -0.2) is 0 Å². The largest absolute Gasteiger partial charge is 0.336 e. The van der Waals surface area contributed by atoms with Gasteiger partial charge < -0.3 is 9.80 Å². The summed E-state index contributed by atoms with van der Waals surface area (Å²) in [5.41, 5.74) is 3.17. The molecular weight excluding hydrogens is 478 g/mol. The first-order valence-electron chi connectivity index (χ1n) is 12.5. The Balaban J connectivity index is 1.36. The lowest BCUT2D eigenvalue weighted by molar-refractivity contribution is -0.130. The lowest BCUT2D eigenvalue weighted by atomic mass is 9.86. The number of hydrogen-bond acceptors (Lipinski definition) is 4. The summed E-state index contributed by atoms with van der Waals surface area (Å²) in [7, 11) is 0. The number of benzene rings is 2. The van der Waals surface area contributed by atoms with E-state index in [9.17, 15) is 9.59 Å². The molecule has 2 heterocycles. The molecule has 2 aliphatic rings. The summed E-state index contributed by atoms with van der Waals surface area (Å²) in [6.45, 7) is 13.2. The van der Waals surface area contributed by atoms with Crippen LogP contribution in [0.1, 0.15) is 61.0 Å². The molecule has 2 aromatic rings. The first-order chi connectivity index (χ1) is 16.7. The summed E-state index contributed by atoms with van der Waals surface area (Å²) >= 11 is 8.00. The van der Waals surface area contributed by atoms with Gasteiger partial charge in [0.2, 0.25) is 5.91 Å². The third-order valence-corrected chi connectivity index (χ3v) is 8.97. The normalized spacial score (nSPS) is 21.6. The number of halogens is 1. The van der Waals surface area contributed by atoms with Crippen LogP contribution in [0.2, 0.25) is 5.02 Å². The van der Waals surface area contributed by atoms with Gasteiger partial charge in [0, 0.05) is 39.3 Å². The predicted molar refractivity (Wildman–Crippen MR) is 145 cm³/mol. The van der Waals surface area contributed by atoms with Crippen LogP contribution < -0.4 is 0 Å². The lowest BCUT2D eigenvalue weighted by Crippen LogP contribution is -2.50. The molecular formula is C28H36ClN3O2S. The van der Waals surface area contributed by atoms with Gasteiger partial charge in [0.1, 0.15) is 5.37 Å². The molecule has 0 aromatic heterocycles. The molecule has 2 fully saturated rings. The molecule has 2 amide bonds. The number of carbonyl (C=O) groups excluding carboxylic acids is 2. The van der Waals surface area contributed by atoms with Crippen molar-refractivity contribution < 1.29 is 9.59 Å². The third-order valence-electron chi connectivity index (χ3n) is 6.99. The molecule has 5 nitrogen and oxygen atoms in total. The van der Waals surface area contributed by atoms with Crippen molar-refractivity contribution in [2.75, 3.05) is 39.3 Å². The zero-order valence-electron chi connectivity index (χ0n) is 21.2. The van der Waals surface area contributed by atoms with Crippen LogP contribution in [0.15, 0.2) is 48.5 Å². The van der Waals surface area contributed by atoms with E-state index in [1.54, 1.807) is 23.9 Å². The SMILES string of the molecule is CCC1SC(c2ccc(C(C)(C)C)cc2)N(CCN2CCN(C(=O)c3ccccc3Cl)CC2)C1=O. The first kappa shape index (κ1) is 26.1. The van der Waals surface area contributed by atoms with Gasteiger partial charge in [-0.2, -0.15) is 0 Å². The van der Waals surface area contributed by atoms with Gasteiger partial charge in [0.05, 0.1) is 15.8 Å². The maximum Gasteiger partial charge on any atom is 0.255 e. The second-order valence-electron chi connectivity index (χ2n) is 10.4. The van der Waals surface area contributed by atoms with E-state index in [0.29, 0.717) is 30.2 Å². The van der Waals surface area contributed by atoms with E-state index in [0.717, 1.165) is 26.1 Å². The van der Waals surface area contributed by atoms with Crippen LogP contribution in [0.25, 0.3) is 0 Å². The monoisotopic (exact) mass is 513 g/mol. The minimum Gasteiger partial charge on any atom is -0.336 e. The predicted octanol–water partition coefficient (Wildman–Crippen LogP) is 5.45. The average Bonchev–Trinajstić information content (AvgIpc) is 3.17. The molecule has 2 aliphatic heterocycles. The van der Waals surface area contributed by atoms with Gasteiger partial charge >= 0.3 is 0 Å². The molecule has 0 aliphatic carbocycles. The molecule has 0 bridgehead atoms. The number of thioether (sulfide) groups is 1. The molecule has 7 heteroatoms. The topological polar surface area (TPSA) is 43.9 Å². The van der Waals surface area contributed by atoms with E-state index >= 15 is 0 Å². The van der Waals surface area contributed by atoms with Crippen LogP contribution in [0.5, 0.6) is 0 Å². The van der Waals surface area contributed by atoms with Gasteiger partial charge in [-0.15, -0.1) is 11.8 Å². The zero-order chi connectivity index (χ0) is 25.2. The summed E-state index contributed by atoms with van der Waals surface area (Å²) in [6.07, 6.45) is 0.847. The van der Waals surface area contributed by atoms with Gasteiger partial charge in [-0.05, 0) is 35.1 Å². The molecule has 2 aromatic carbocycles. The first-order valence-corrected chi connectivity index (χ1v) is 13.8. The van der Waals surface area contributed by atoms with Crippen LogP contribution >= 0.6 is 23.4 Å². The van der Waals surface area contributed by atoms with Crippen molar-refractivity contribution >= 4 is 35.2 Å². The maximum absolute atomic E-state index is 13.2. The van der Waals surface area contributed by atoms with Crippen molar-refractivity contribution in [1.29, 1.82) is 0 Å². The van der Waals surface area contributed by atoms with E-state index in [1.165, 1.54) is 11.1 Å². The second kappa shape index (κ2) is 10.9. The van der Waals surface area contributed by atoms with E-state index in [1.807, 2.05) is 17.0 Å². The minimum atomic E-state index is -0.00840. The summed E-state index contributed by atoms with van der Waals surface area (Å²) in [5, 5.41) is 0.578. The number of nitrogens with zero attached hydrogens (tertiary/aromatic N) is 3. The van der Waals surface area contributed by atoms with Crippen molar-refractivity contribution in [1.82, 2.24) is 14.7 Å². The maximum atomic E-state index is 13.2. The van der Waals surface area contributed by atoms with Crippen LogP contribution in [0.4, 0.5) is 0 Å². The molecule has 2 unspecified atom stereocenters. The summed E-state index contributed by atoms with van der Waals surface area (Å²) in [4.78, 5) is 32.3. The van der Waals surface area contributed by atoms with Crippen LogP contribution in [0, 0.1) is 0 Å². The number of amides is 2. The van der Waals surface area contributed by atoms with Crippen molar-refractivity contribution in [2.24, 2.45) is 0 Å². The van der Waals surface area contributed by atoms with Gasteiger partial charge in [0.15, 0.2) is 0 Å². The third kappa shape index (κ3) is 5.87. The fourth-order valence-electron chi connectivity index (χ4n) is 4.72. The van der Waals surface area contributed by atoms with E-state index in [-0.39, 0.29) is 27.9 Å². The highest BCUT2D eigenvalue weighted by Gasteiger charge is 2.40. The number of piperazine rings is 1. The highest BCUT2D eigenvalue weighted by molar-refractivity contribution is 8.01. The smallest absolute Gasteiger partial charge is 0.255 e. The number of rotatable bonds is 6. The van der Waals surface area contributed by atoms with E-state index < -0.39 is 0 Å². The standard InChI is InChI=1S/C28H36ClN3O2S/c1-5-24-26(34)32(27(35-24)20-10-12-21(13-11-20)28(2,3)4)19-16-30-14-17-31(18-15-30)25(33)22-8-6-7-9-23(22)29/h6-13,24,27H,5,14-19H2,1-4H3. The Morgan fingerprint density at radius 3 is 2.26 bits per heavy atom. The fraction of sp³-hybridized carbons (Fsp3) is 0.500. The number of carbonyl (C=O) groups is 2. The molecule has 0 N–H and O–H groups in total. The summed E-state index contributed by atoms with van der Waals surface area (Å²) in [6, 6.07) is 16.0. The van der Waals surface area contributed by atoms with Crippen molar-refractivity contribution in [2.45, 2.75) is 50.2 Å². The second-order valence-corrected chi connectivity index (χ2v) is 12.1. The Morgan fingerprint density at radius 1 is 1.00 bits per heavy atom. The highest BCUT2D eigenvalue weighted by atomic mass is 35.5. The van der Waals surface area contributed by atoms with E-state index in [4.69, 9.17) is 11.6 Å². The lowest BCUT2D eigenvalue weighted by Gasteiger charge is -2.36. The molecule has 0 radical (unpaired) electrons. The molecule has 0 spiro atoms. The Labute approximate surface area is 218 Å². The molecule has 4 rings (SSSR count). The van der Waals surface area contributed by atoms with Crippen LogP contribution in [0.3, 0.4) is 0 Å². The molecule has 0 saturated carbocycles. The Hall–Kier alpha value is -2.02. The fourth-order valence-corrected chi connectivity index (χ4v) is 6.36. The highest BCUT2D eigenvalue weighted by Crippen LogP contribution is 2.44. The molecule has 2 saturated heterocycles. The summed E-state index contributed by atoms with van der Waals surface area (Å²) in [5.74, 6) is 0.237. The van der Waals surface area contributed by atoms with Crippen LogP contribution in [-0.4, -0.2) is 71.0 Å². The van der Waals surface area contributed by atoms with Crippen molar-refractivity contribution in [3.63, 3.8) is 0 Å². The van der Waals surface area contributed by atoms with Crippen molar-refractivity contribution in [3.05, 3.63) is 70.2 Å². The Morgan fingerprint density at radius 2 is 1.66 bits per heavy atom. The minimum absolute atomic E-state index is 0.00840. The van der Waals surface area contributed by atoms with Crippen molar-refractivity contribution in [3.8, 4) is 0 Å². The Bertz CT molecular complexity index is 1040. The van der Waals surface area contributed by atoms with Crippen LogP contribution in [-0.2, 0) is 10.2 Å². The average molecular weight is 514 g/mol. The van der Waals surface area contributed by atoms with Gasteiger partial charge in [0.25, 0.3) is 5.91 Å². The number of hydrogen-bond donors (Lipinski definition) is 0.